The third kappa shape index (κ3) is 1.46. The van der Waals surface area contributed by atoms with Crippen LogP contribution in [0, 0.1) is 11.3 Å². The summed E-state index contributed by atoms with van der Waals surface area (Å²) >= 11 is 0. The fourth-order valence-corrected chi connectivity index (χ4v) is 3.96. The zero-order valence-corrected chi connectivity index (χ0v) is 12.1. The lowest BCUT2D eigenvalue weighted by molar-refractivity contribution is 0.0170. The first-order valence-electron chi connectivity index (χ1n) is 6.26. The van der Waals surface area contributed by atoms with E-state index >= 15 is 0 Å². The van der Waals surface area contributed by atoms with Crippen molar-refractivity contribution in [3.63, 3.8) is 0 Å². The van der Waals surface area contributed by atoms with Crippen LogP contribution in [-0.2, 0) is 0 Å². The van der Waals surface area contributed by atoms with Crippen molar-refractivity contribution in [2.75, 3.05) is 0 Å². The topological polar surface area (TPSA) is 3.24 Å². The molecule has 0 spiro atoms. The Balaban J connectivity index is 3.29. The van der Waals surface area contributed by atoms with Crippen LogP contribution >= 0.6 is 0 Å². The third-order valence-electron chi connectivity index (χ3n) is 5.46. The molecule has 1 unspecified atom stereocenters. The molecule has 1 nitrogen and oxygen atoms in total. The highest BCUT2D eigenvalue weighted by molar-refractivity contribution is 5.14. The van der Waals surface area contributed by atoms with Gasteiger partial charge in [-0.05, 0) is 52.9 Å². The van der Waals surface area contributed by atoms with E-state index in [1.807, 2.05) is 0 Å². The van der Waals surface area contributed by atoms with Crippen LogP contribution in [0.1, 0.15) is 62.3 Å². The molecule has 0 aromatic heterocycles. The number of nitrogens with zero attached hydrogens (tertiary/aromatic N) is 1. The van der Waals surface area contributed by atoms with Crippen LogP contribution in [0.25, 0.3) is 0 Å². The lowest BCUT2D eigenvalue weighted by Gasteiger charge is -2.46. The van der Waals surface area contributed by atoms with Gasteiger partial charge in [-0.3, -0.25) is 4.90 Å². The Morgan fingerprint density at radius 1 is 0.933 bits per heavy atom. The summed E-state index contributed by atoms with van der Waals surface area (Å²) in [5.74, 6) is 0.711. The van der Waals surface area contributed by atoms with E-state index in [4.69, 9.17) is 0 Å². The molecular formula is C14H29N. The molecule has 1 heteroatoms. The van der Waals surface area contributed by atoms with Crippen LogP contribution in [0.15, 0.2) is 0 Å². The van der Waals surface area contributed by atoms with Gasteiger partial charge in [0.15, 0.2) is 0 Å². The number of hydrogen-bond acceptors (Lipinski definition) is 1. The Labute approximate surface area is 96.2 Å². The number of rotatable bonds is 1. The Morgan fingerprint density at radius 2 is 1.33 bits per heavy atom. The average molecular weight is 211 g/mol. The first kappa shape index (κ1) is 13.0. The maximum atomic E-state index is 2.70. The molecule has 1 fully saturated rings. The summed E-state index contributed by atoms with van der Waals surface area (Å²) in [6, 6.07) is 0.610. The van der Waals surface area contributed by atoms with Crippen LogP contribution in [0.5, 0.6) is 0 Å². The molecule has 1 aliphatic heterocycles. The molecule has 90 valence electrons. The van der Waals surface area contributed by atoms with Crippen molar-refractivity contribution >= 4 is 0 Å². The minimum absolute atomic E-state index is 0.268. The van der Waals surface area contributed by atoms with E-state index in [0.29, 0.717) is 22.9 Å². The zero-order valence-electron chi connectivity index (χ0n) is 12.1. The normalized spacial score (nSPS) is 33.6. The summed E-state index contributed by atoms with van der Waals surface area (Å²) in [4.78, 5) is 2.70. The van der Waals surface area contributed by atoms with Gasteiger partial charge in [-0.15, -0.1) is 0 Å². The lowest BCUT2D eigenvalue weighted by atomic mass is 9.67. The zero-order chi connectivity index (χ0) is 12.2. The Bertz CT molecular complexity index is 248. The third-order valence-corrected chi connectivity index (χ3v) is 5.46. The Hall–Kier alpha value is -0.0400. The molecular weight excluding hydrogens is 182 g/mol. The van der Waals surface area contributed by atoms with Crippen LogP contribution in [0.2, 0.25) is 0 Å². The van der Waals surface area contributed by atoms with Crippen molar-refractivity contribution in [3.05, 3.63) is 0 Å². The van der Waals surface area contributed by atoms with E-state index < -0.39 is 0 Å². The summed E-state index contributed by atoms with van der Waals surface area (Å²) < 4.78 is 0. The van der Waals surface area contributed by atoms with Crippen LogP contribution in [-0.4, -0.2) is 22.0 Å². The van der Waals surface area contributed by atoms with Crippen molar-refractivity contribution < 1.29 is 0 Å². The SMILES string of the molecule is CC(C)N1C(C)(C)C(C)C(C)(C)C1(C)C. The number of likely N-dealkylation sites (tertiary alicyclic amines) is 1. The fourth-order valence-electron chi connectivity index (χ4n) is 3.96. The van der Waals surface area contributed by atoms with Gasteiger partial charge in [0.25, 0.3) is 0 Å². The van der Waals surface area contributed by atoms with Crippen LogP contribution in [0.3, 0.4) is 0 Å². The van der Waals surface area contributed by atoms with E-state index in [-0.39, 0.29) is 5.54 Å². The molecule has 1 heterocycles. The highest BCUT2D eigenvalue weighted by atomic mass is 15.3. The molecule has 0 radical (unpaired) electrons. The Kier molecular flexibility index (Phi) is 2.80. The highest BCUT2D eigenvalue weighted by Crippen LogP contribution is 2.57. The maximum Gasteiger partial charge on any atom is 0.0215 e. The predicted octanol–water partition coefficient (Wildman–Crippen LogP) is 3.93. The molecule has 0 saturated carbocycles. The Morgan fingerprint density at radius 3 is 1.47 bits per heavy atom. The summed E-state index contributed by atoms with van der Waals surface area (Å²) in [5, 5.41) is 0. The fraction of sp³-hybridized carbons (Fsp3) is 1.00. The van der Waals surface area contributed by atoms with Crippen LogP contribution in [0.4, 0.5) is 0 Å². The van der Waals surface area contributed by atoms with Crippen molar-refractivity contribution in [1.82, 2.24) is 4.90 Å². The summed E-state index contributed by atoms with van der Waals surface area (Å²) in [6.07, 6.45) is 0. The molecule has 1 saturated heterocycles. The summed E-state index contributed by atoms with van der Waals surface area (Å²) in [5.41, 5.74) is 0.923. The predicted molar refractivity (Wildman–Crippen MR) is 68.1 cm³/mol. The van der Waals surface area contributed by atoms with Crippen molar-refractivity contribution in [1.29, 1.82) is 0 Å². The highest BCUT2D eigenvalue weighted by Gasteiger charge is 2.61. The average Bonchev–Trinajstić information content (AvgIpc) is 2.07. The molecule has 1 aliphatic rings. The molecule has 0 aromatic carbocycles. The van der Waals surface area contributed by atoms with E-state index in [1.165, 1.54) is 0 Å². The summed E-state index contributed by atoms with van der Waals surface area (Å²) in [6.45, 7) is 21.5. The van der Waals surface area contributed by atoms with Gasteiger partial charge in [0, 0.05) is 17.1 Å². The molecule has 1 rings (SSSR count). The van der Waals surface area contributed by atoms with Gasteiger partial charge >= 0.3 is 0 Å². The van der Waals surface area contributed by atoms with Crippen molar-refractivity contribution in [2.24, 2.45) is 11.3 Å². The van der Waals surface area contributed by atoms with Gasteiger partial charge in [-0.25, -0.2) is 0 Å². The van der Waals surface area contributed by atoms with Gasteiger partial charge in [-0.1, -0.05) is 20.8 Å². The quantitative estimate of drug-likeness (QED) is 0.635. The largest absolute Gasteiger partial charge is 0.290 e. The van der Waals surface area contributed by atoms with Gasteiger partial charge in [0.2, 0.25) is 0 Å². The minimum atomic E-state index is 0.268. The standard InChI is InChI=1S/C14H29N/c1-10(2)15-13(6,7)11(3)12(4,5)14(15,8)9/h10-11H,1-9H3. The smallest absolute Gasteiger partial charge is 0.0215 e. The second-order valence-corrected chi connectivity index (χ2v) is 7.12. The van der Waals surface area contributed by atoms with Gasteiger partial charge in [-0.2, -0.15) is 0 Å². The molecule has 1 atom stereocenters. The van der Waals surface area contributed by atoms with Crippen molar-refractivity contribution in [3.8, 4) is 0 Å². The van der Waals surface area contributed by atoms with Gasteiger partial charge in [0.05, 0.1) is 0 Å². The van der Waals surface area contributed by atoms with E-state index in [9.17, 15) is 0 Å². The molecule has 0 bridgehead atoms. The molecule has 0 aliphatic carbocycles. The van der Waals surface area contributed by atoms with E-state index in [1.54, 1.807) is 0 Å². The minimum Gasteiger partial charge on any atom is -0.290 e. The number of hydrogen-bond donors (Lipinski definition) is 0. The monoisotopic (exact) mass is 211 g/mol. The maximum absolute atomic E-state index is 2.70. The van der Waals surface area contributed by atoms with Gasteiger partial charge in [0.1, 0.15) is 0 Å². The van der Waals surface area contributed by atoms with Crippen molar-refractivity contribution in [2.45, 2.75) is 79.4 Å². The van der Waals surface area contributed by atoms with Crippen LogP contribution < -0.4 is 0 Å². The first-order valence-corrected chi connectivity index (χ1v) is 6.26. The van der Waals surface area contributed by atoms with Gasteiger partial charge < -0.3 is 0 Å². The molecule has 0 N–H and O–H groups in total. The molecule has 0 aromatic rings. The van der Waals surface area contributed by atoms with E-state index in [0.717, 1.165) is 0 Å². The first-order chi connectivity index (χ1) is 6.47. The second-order valence-electron chi connectivity index (χ2n) is 7.12. The second kappa shape index (κ2) is 3.23. The summed E-state index contributed by atoms with van der Waals surface area (Å²) in [7, 11) is 0. The lowest BCUT2D eigenvalue weighted by Crippen LogP contribution is -2.54. The van der Waals surface area contributed by atoms with E-state index in [2.05, 4.69) is 67.2 Å². The molecule has 0 amide bonds. The molecule has 15 heavy (non-hydrogen) atoms.